The molecule has 0 aliphatic heterocycles. The Kier molecular flexibility index (Phi) is 8.33. The van der Waals surface area contributed by atoms with E-state index in [1.165, 1.54) is 0 Å². The number of amides is 1. The predicted octanol–water partition coefficient (Wildman–Crippen LogP) is 3.70. The van der Waals surface area contributed by atoms with Gasteiger partial charge in [-0.05, 0) is 64.9 Å². The van der Waals surface area contributed by atoms with Crippen molar-refractivity contribution in [3.05, 3.63) is 30.0 Å². The van der Waals surface area contributed by atoms with E-state index >= 15 is 0 Å². The van der Waals surface area contributed by atoms with Gasteiger partial charge in [0, 0.05) is 23.6 Å². The molecule has 0 fully saturated rings. The lowest BCUT2D eigenvalue weighted by Gasteiger charge is -2.24. The van der Waals surface area contributed by atoms with Gasteiger partial charge in [-0.15, -0.1) is 0 Å². The summed E-state index contributed by atoms with van der Waals surface area (Å²) in [6.07, 6.45) is 2.18. The second-order valence-electron chi connectivity index (χ2n) is 9.14. The van der Waals surface area contributed by atoms with Crippen molar-refractivity contribution >= 4 is 23.0 Å². The highest BCUT2D eigenvalue weighted by atomic mass is 16.7. The van der Waals surface area contributed by atoms with E-state index in [0.29, 0.717) is 5.75 Å². The van der Waals surface area contributed by atoms with Crippen LogP contribution in [0, 0.1) is 5.92 Å². The molecule has 1 atom stereocenters. The number of hydrogen-bond acceptors (Lipinski definition) is 6. The quantitative estimate of drug-likeness (QED) is 0.463. The Morgan fingerprint density at radius 3 is 2.52 bits per heavy atom. The fourth-order valence-corrected chi connectivity index (χ4v) is 3.05. The highest BCUT2D eigenvalue weighted by molar-refractivity contribution is 5.89. The Hall–Kier alpha value is -2.74. The molecule has 172 valence electrons. The molecule has 2 rings (SSSR count). The Morgan fingerprint density at radius 2 is 1.90 bits per heavy atom. The molecule has 0 saturated carbocycles. The first kappa shape index (κ1) is 24.5. The van der Waals surface area contributed by atoms with Gasteiger partial charge in [0.05, 0.1) is 0 Å². The number of esters is 1. The summed E-state index contributed by atoms with van der Waals surface area (Å²) in [6, 6.07) is 4.87. The number of rotatable bonds is 9. The van der Waals surface area contributed by atoms with Crippen LogP contribution in [-0.4, -0.2) is 61.0 Å². The molecule has 2 aromatic rings. The van der Waals surface area contributed by atoms with Crippen molar-refractivity contribution in [1.29, 1.82) is 0 Å². The number of hydrogen-bond donors (Lipinski definition) is 2. The molecule has 0 spiro atoms. The van der Waals surface area contributed by atoms with E-state index in [1.807, 2.05) is 52.3 Å². The monoisotopic (exact) mass is 433 g/mol. The number of carbonyl (C=O) groups is 2. The molecule has 1 aromatic carbocycles. The lowest BCUT2D eigenvalue weighted by Crippen LogP contribution is -2.47. The summed E-state index contributed by atoms with van der Waals surface area (Å²) in [7, 11) is 4.06. The molecule has 8 heteroatoms. The smallest absolute Gasteiger partial charge is 0.408 e. The maximum Gasteiger partial charge on any atom is 0.408 e. The molecule has 31 heavy (non-hydrogen) atoms. The number of likely N-dealkylation sites (N-methyl/N-ethyl adjacent to an activating group) is 1. The normalized spacial score (nSPS) is 12.8. The number of ether oxygens (including phenoxy) is 3. The number of aromatic amines is 1. The highest BCUT2D eigenvalue weighted by Gasteiger charge is 2.28. The first-order valence-electron chi connectivity index (χ1n) is 10.5. The van der Waals surface area contributed by atoms with E-state index in [1.54, 1.807) is 20.8 Å². The summed E-state index contributed by atoms with van der Waals surface area (Å²) in [5.41, 5.74) is 1.44. The largest absolute Gasteiger partial charge is 0.457 e. The highest BCUT2D eigenvalue weighted by Crippen LogP contribution is 2.29. The average Bonchev–Trinajstić information content (AvgIpc) is 3.06. The summed E-state index contributed by atoms with van der Waals surface area (Å²) in [5, 5.41) is 3.56. The van der Waals surface area contributed by atoms with Crippen LogP contribution in [0.25, 0.3) is 10.9 Å². The van der Waals surface area contributed by atoms with Crippen molar-refractivity contribution in [2.24, 2.45) is 5.92 Å². The number of alkyl carbamates (subject to hydrolysis) is 1. The van der Waals surface area contributed by atoms with Crippen molar-refractivity contribution in [2.75, 3.05) is 27.4 Å². The molecule has 0 unspecified atom stereocenters. The van der Waals surface area contributed by atoms with Crippen LogP contribution in [0.2, 0.25) is 0 Å². The van der Waals surface area contributed by atoms with E-state index in [0.717, 1.165) is 29.4 Å². The maximum atomic E-state index is 12.5. The minimum Gasteiger partial charge on any atom is -0.457 e. The third-order valence-electron chi connectivity index (χ3n) is 4.59. The molecule has 0 saturated heterocycles. The van der Waals surface area contributed by atoms with Crippen molar-refractivity contribution in [2.45, 2.75) is 52.7 Å². The molecule has 0 aliphatic carbocycles. The molecular weight excluding hydrogens is 398 g/mol. The van der Waals surface area contributed by atoms with Gasteiger partial charge in [0.25, 0.3) is 0 Å². The van der Waals surface area contributed by atoms with Crippen molar-refractivity contribution in [3.8, 4) is 5.75 Å². The number of aromatic nitrogens is 1. The molecule has 8 nitrogen and oxygen atoms in total. The first-order valence-corrected chi connectivity index (χ1v) is 10.5. The van der Waals surface area contributed by atoms with Crippen molar-refractivity contribution in [3.63, 3.8) is 0 Å². The van der Waals surface area contributed by atoms with Crippen molar-refractivity contribution in [1.82, 2.24) is 15.2 Å². The summed E-state index contributed by atoms with van der Waals surface area (Å²) in [4.78, 5) is 30.0. The number of nitrogens with one attached hydrogen (secondary N) is 2. The maximum absolute atomic E-state index is 12.5. The zero-order valence-corrected chi connectivity index (χ0v) is 19.6. The minimum atomic E-state index is -0.836. The number of H-pyrrole nitrogens is 1. The van der Waals surface area contributed by atoms with E-state index in [4.69, 9.17) is 14.2 Å². The van der Waals surface area contributed by atoms with Crippen LogP contribution < -0.4 is 10.1 Å². The Labute approximate surface area is 184 Å². The third kappa shape index (κ3) is 7.47. The van der Waals surface area contributed by atoms with Gasteiger partial charge in [0.1, 0.15) is 17.4 Å². The van der Waals surface area contributed by atoms with Crippen LogP contribution >= 0.6 is 0 Å². The molecule has 1 aromatic heterocycles. The van der Waals surface area contributed by atoms with Gasteiger partial charge in [-0.25, -0.2) is 9.59 Å². The first-order chi connectivity index (χ1) is 14.5. The predicted molar refractivity (Wildman–Crippen MR) is 120 cm³/mol. The standard InChI is InChI=1S/C23H35N3O5/c1-15(2)20(25-22(28)31-23(3,4)5)21(27)30-14-29-18-10-8-9-17-19(18)16(13-24-17)11-12-26(6)7/h8-10,13,15,20,24H,11-12,14H2,1-7H3,(H,25,28)/t20-/m0/s1. The van der Waals surface area contributed by atoms with Gasteiger partial charge in [0.2, 0.25) is 6.79 Å². The molecule has 1 amide bonds. The van der Waals surface area contributed by atoms with Gasteiger partial charge in [-0.3, -0.25) is 0 Å². The summed E-state index contributed by atoms with van der Waals surface area (Å²) in [6.45, 7) is 9.58. The molecule has 2 N–H and O–H groups in total. The third-order valence-corrected chi connectivity index (χ3v) is 4.59. The number of fused-ring (bicyclic) bond motifs is 1. The Bertz CT molecular complexity index is 883. The van der Waals surface area contributed by atoms with Gasteiger partial charge >= 0.3 is 12.1 Å². The zero-order valence-electron chi connectivity index (χ0n) is 19.6. The van der Waals surface area contributed by atoms with Gasteiger partial charge in [-0.2, -0.15) is 0 Å². The summed E-state index contributed by atoms with van der Waals surface area (Å²) in [5.74, 6) is -0.109. The van der Waals surface area contributed by atoms with Crippen LogP contribution in [0.1, 0.15) is 40.2 Å². The van der Waals surface area contributed by atoms with Crippen LogP contribution in [0.3, 0.4) is 0 Å². The van der Waals surface area contributed by atoms with E-state index < -0.39 is 23.7 Å². The fraction of sp³-hybridized carbons (Fsp3) is 0.565. The second kappa shape index (κ2) is 10.5. The Morgan fingerprint density at radius 1 is 1.19 bits per heavy atom. The van der Waals surface area contributed by atoms with Gasteiger partial charge in [0.15, 0.2) is 0 Å². The lowest BCUT2D eigenvalue weighted by molar-refractivity contribution is -0.154. The second-order valence-corrected chi connectivity index (χ2v) is 9.14. The topological polar surface area (TPSA) is 92.9 Å². The van der Waals surface area contributed by atoms with E-state index in [-0.39, 0.29) is 12.7 Å². The zero-order chi connectivity index (χ0) is 23.2. The molecule has 0 aliphatic rings. The lowest BCUT2D eigenvalue weighted by atomic mass is 10.1. The number of nitrogens with zero attached hydrogens (tertiary/aromatic N) is 1. The molecule has 0 radical (unpaired) electrons. The SMILES string of the molecule is CC(C)[C@H](NC(=O)OC(C)(C)C)C(=O)OCOc1cccc2[nH]cc(CCN(C)C)c12. The van der Waals surface area contributed by atoms with E-state index in [9.17, 15) is 9.59 Å². The van der Waals surface area contributed by atoms with Crippen LogP contribution in [0.15, 0.2) is 24.4 Å². The number of benzene rings is 1. The minimum absolute atomic E-state index is 0.175. The Balaban J connectivity index is 2.01. The number of carbonyl (C=O) groups excluding carboxylic acids is 2. The van der Waals surface area contributed by atoms with E-state index in [2.05, 4.69) is 15.2 Å². The van der Waals surface area contributed by atoms with Crippen LogP contribution in [0.5, 0.6) is 5.75 Å². The van der Waals surface area contributed by atoms with Crippen molar-refractivity contribution < 1.29 is 23.8 Å². The molecule has 0 bridgehead atoms. The average molecular weight is 434 g/mol. The molecule has 1 heterocycles. The van der Waals surface area contributed by atoms with Gasteiger partial charge < -0.3 is 29.4 Å². The molecular formula is C23H35N3O5. The van der Waals surface area contributed by atoms with Gasteiger partial charge in [-0.1, -0.05) is 19.9 Å². The van der Waals surface area contributed by atoms with Crippen LogP contribution in [0.4, 0.5) is 4.79 Å². The fourth-order valence-electron chi connectivity index (χ4n) is 3.05. The summed E-state index contributed by atoms with van der Waals surface area (Å²) >= 11 is 0. The van der Waals surface area contributed by atoms with Crippen LogP contribution in [-0.2, 0) is 20.7 Å². The summed E-state index contributed by atoms with van der Waals surface area (Å²) < 4.78 is 16.3.